The number of hydrogen-bond acceptors (Lipinski definition) is 2. The van der Waals surface area contributed by atoms with Crippen LogP contribution >= 0.6 is 0 Å². The Balaban J connectivity index is 2.58. The first-order valence-electron chi connectivity index (χ1n) is 5.13. The summed E-state index contributed by atoms with van der Waals surface area (Å²) in [6.07, 6.45) is 0. The standard InChI is InChI=1S/C12H10O2/c13-11-7-3-1-5-9(11)10-6-2-4-8-12(10)14/h1-8,13-14H/i/hD2. The van der Waals surface area contributed by atoms with Crippen LogP contribution in [0.15, 0.2) is 48.5 Å². The number of aromatic hydroxyl groups is 2. The maximum Gasteiger partial charge on any atom is 0.293 e. The fourth-order valence-electron chi connectivity index (χ4n) is 1.38. The summed E-state index contributed by atoms with van der Waals surface area (Å²) in [5.41, 5.74) is 1.47. The van der Waals surface area contributed by atoms with Crippen LogP contribution in [0, 0.1) is 0 Å². The van der Waals surface area contributed by atoms with Gasteiger partial charge in [-0.25, -0.2) is 0 Å². The molecule has 0 bridgehead atoms. The number of benzene rings is 2. The van der Waals surface area contributed by atoms with Gasteiger partial charge in [0.05, 0.1) is 0 Å². The first kappa shape index (κ1) is 6.49. The molecule has 0 spiro atoms. The van der Waals surface area contributed by atoms with E-state index in [-0.39, 0.29) is 0 Å². The lowest BCUT2D eigenvalue weighted by Gasteiger charge is -2.05. The Morgan fingerprint density at radius 2 is 1.14 bits per heavy atom. The maximum absolute atomic E-state index is 6.97. The van der Waals surface area contributed by atoms with E-state index in [1.54, 1.807) is 24.3 Å². The molecular weight excluding hydrogens is 176 g/mol. The normalized spacial score (nSPS) is 11.4. The molecule has 2 N–H and O–H groups in total. The van der Waals surface area contributed by atoms with Gasteiger partial charge in [0, 0.05) is 11.1 Å². The van der Waals surface area contributed by atoms with Crippen molar-refractivity contribution in [3.63, 3.8) is 0 Å². The van der Waals surface area contributed by atoms with Crippen molar-refractivity contribution in [1.82, 2.24) is 0 Å². The van der Waals surface area contributed by atoms with Gasteiger partial charge in [-0.2, -0.15) is 0 Å². The predicted octanol–water partition coefficient (Wildman–Crippen LogP) is 2.76. The van der Waals surface area contributed by atoms with Gasteiger partial charge in [0.15, 0.2) is 0 Å². The Morgan fingerprint density at radius 1 is 0.714 bits per heavy atom. The highest BCUT2D eigenvalue weighted by Gasteiger charge is 2.06. The highest BCUT2D eigenvalue weighted by Crippen LogP contribution is 2.34. The third-order valence-electron chi connectivity index (χ3n) is 2.06. The monoisotopic (exact) mass is 188 g/mol. The van der Waals surface area contributed by atoms with Crippen molar-refractivity contribution in [2.45, 2.75) is 0 Å². The zero-order valence-corrected chi connectivity index (χ0v) is 7.44. The van der Waals surface area contributed by atoms with Crippen LogP contribution in [-0.4, -0.2) is 13.1 Å². The Hall–Kier alpha value is -1.96. The fraction of sp³-hybridized carbons (Fsp3) is 0. The van der Waals surface area contributed by atoms with Gasteiger partial charge in [-0.05, 0) is 12.1 Å². The highest BCUT2D eigenvalue weighted by atomic mass is 16.3. The number of para-hydroxylation sites is 2. The third-order valence-corrected chi connectivity index (χ3v) is 2.06. The van der Waals surface area contributed by atoms with E-state index in [0.29, 0.717) is 11.5 Å². The Kier molecular flexibility index (Phi) is 1.58. The molecule has 0 aliphatic rings. The van der Waals surface area contributed by atoms with Crippen molar-refractivity contribution in [2.24, 2.45) is 0 Å². The summed E-state index contributed by atoms with van der Waals surface area (Å²) in [5.74, 6) is 0.874. The summed E-state index contributed by atoms with van der Waals surface area (Å²) >= 11 is 0. The zero-order chi connectivity index (χ0) is 11.4. The molecule has 0 aliphatic heterocycles. The second kappa shape index (κ2) is 3.42. The van der Waals surface area contributed by atoms with Gasteiger partial charge in [-0.15, -0.1) is 0 Å². The van der Waals surface area contributed by atoms with Crippen molar-refractivity contribution in [3.8, 4) is 22.6 Å². The summed E-state index contributed by atoms with van der Waals surface area (Å²) in [6, 6.07) is 14.3. The molecule has 2 heteroatoms. The molecule has 0 unspecified atom stereocenters. The van der Waals surface area contributed by atoms with Gasteiger partial charge in [0.1, 0.15) is 11.5 Å². The van der Waals surface area contributed by atoms with Gasteiger partial charge < -0.3 is 10.2 Å². The van der Waals surface area contributed by atoms with Crippen LogP contribution in [0.3, 0.4) is 0 Å². The van der Waals surface area contributed by atoms with Crippen LogP contribution in [0.1, 0.15) is 0 Å². The molecule has 2 rings (SSSR count). The SMILES string of the molecule is [2H]Oc1ccccc1-c1ccccc1O[2H]. The van der Waals surface area contributed by atoms with Crippen LogP contribution in [0.2, 0.25) is 0 Å². The topological polar surface area (TPSA) is 40.5 Å². The van der Waals surface area contributed by atoms with Crippen molar-refractivity contribution in [2.75, 3.05) is 0 Å². The number of phenols is 2. The number of rotatable bonds is 3. The van der Waals surface area contributed by atoms with Gasteiger partial charge in [0.2, 0.25) is 0 Å². The minimum Gasteiger partial charge on any atom is -0.507 e. The molecule has 0 aromatic heterocycles. The lowest BCUT2D eigenvalue weighted by molar-refractivity contribution is 0.469. The lowest BCUT2D eigenvalue weighted by atomic mass is 10.0. The van der Waals surface area contributed by atoms with Crippen molar-refractivity contribution < 1.29 is 10.2 Å². The largest absolute Gasteiger partial charge is 0.507 e. The van der Waals surface area contributed by atoms with Crippen LogP contribution in [0.4, 0.5) is 0 Å². The summed E-state index contributed by atoms with van der Waals surface area (Å²) in [4.78, 5) is 0. The molecule has 0 atom stereocenters. The van der Waals surface area contributed by atoms with Crippen LogP contribution in [0.5, 0.6) is 11.5 Å². The third kappa shape index (κ3) is 1.42. The first-order chi connectivity index (χ1) is 7.86. The summed E-state index contributed by atoms with van der Waals surface area (Å²) in [5, 5.41) is 9.06. The molecule has 14 heavy (non-hydrogen) atoms. The highest BCUT2D eigenvalue weighted by molar-refractivity contribution is 5.74. The lowest BCUT2D eigenvalue weighted by Crippen LogP contribution is -1.79. The van der Waals surface area contributed by atoms with Gasteiger partial charge >= 0.3 is 0 Å². The van der Waals surface area contributed by atoms with Crippen molar-refractivity contribution in [1.29, 1.82) is 2.86 Å². The minimum absolute atomic E-state index is 0.437. The smallest absolute Gasteiger partial charge is 0.293 e. The molecule has 0 saturated carbocycles. The molecular formula is C12H10O2. The molecule has 0 heterocycles. The molecule has 0 fully saturated rings. The van der Waals surface area contributed by atoms with Crippen LogP contribution < -0.4 is 0 Å². The van der Waals surface area contributed by atoms with Crippen molar-refractivity contribution >= 4 is 0 Å². The molecule has 0 saturated heterocycles. The van der Waals surface area contributed by atoms with E-state index in [9.17, 15) is 0 Å². The average Bonchev–Trinajstić information content (AvgIpc) is 2.38. The second-order valence-corrected chi connectivity index (χ2v) is 2.99. The van der Waals surface area contributed by atoms with Crippen molar-refractivity contribution in [3.05, 3.63) is 48.5 Å². The Labute approximate surface area is 85.1 Å². The minimum atomic E-state index is 0.437. The molecule has 0 amide bonds. The number of phenolic OH excluding ortho intramolecular Hbond substituents is 2. The van der Waals surface area contributed by atoms with E-state index in [4.69, 9.17) is 2.86 Å². The average molecular weight is 188 g/mol. The van der Waals surface area contributed by atoms with Gasteiger partial charge in [-0.3, -0.25) is 0 Å². The fourth-order valence-corrected chi connectivity index (χ4v) is 1.38. The first-order valence-corrected chi connectivity index (χ1v) is 4.31. The molecule has 70 valence electrons. The van der Waals surface area contributed by atoms with E-state index in [1.165, 1.54) is 0 Å². The second-order valence-electron chi connectivity index (χ2n) is 2.99. The molecule has 2 aromatic carbocycles. The van der Waals surface area contributed by atoms with E-state index < -0.39 is 0 Å². The summed E-state index contributed by atoms with van der Waals surface area (Å²) in [6.45, 7) is 0. The molecule has 0 radical (unpaired) electrons. The summed E-state index contributed by atoms with van der Waals surface area (Å²) in [7, 11) is 0. The van der Waals surface area contributed by atoms with E-state index in [0.717, 1.165) is 11.1 Å². The van der Waals surface area contributed by atoms with E-state index in [1.807, 2.05) is 24.3 Å². The maximum atomic E-state index is 6.97. The van der Waals surface area contributed by atoms with E-state index in [2.05, 4.69) is 10.2 Å². The quantitative estimate of drug-likeness (QED) is 0.777. The Morgan fingerprint density at radius 3 is 1.57 bits per heavy atom. The zero-order valence-electron chi connectivity index (χ0n) is 9.44. The Bertz CT molecular complexity index is 440. The van der Waals surface area contributed by atoms with Gasteiger partial charge in [0.25, 0.3) is 2.86 Å². The summed E-state index contributed by atoms with van der Waals surface area (Å²) < 4.78 is 13.9. The molecule has 2 aromatic rings. The van der Waals surface area contributed by atoms with E-state index >= 15 is 0 Å². The predicted molar refractivity (Wildman–Crippen MR) is 55.2 cm³/mol. The van der Waals surface area contributed by atoms with Crippen LogP contribution in [0.25, 0.3) is 11.1 Å². The van der Waals surface area contributed by atoms with Gasteiger partial charge in [-0.1, -0.05) is 36.4 Å². The molecule has 0 aliphatic carbocycles. The molecule has 2 nitrogen and oxygen atoms in total. The number of hydrogen-bond donors (Lipinski definition) is 2. The van der Waals surface area contributed by atoms with Crippen LogP contribution in [-0.2, 0) is 0 Å².